The first-order valence-electron chi connectivity index (χ1n) is 2.82. The van der Waals surface area contributed by atoms with Crippen molar-refractivity contribution in [2.75, 3.05) is 11.5 Å². The van der Waals surface area contributed by atoms with Gasteiger partial charge in [0.2, 0.25) is 0 Å². The molecule has 4 N–H and O–H groups in total. The van der Waals surface area contributed by atoms with E-state index in [0.717, 1.165) is 5.56 Å². The highest BCUT2D eigenvalue weighted by Crippen LogP contribution is 2.17. The molecule has 0 saturated carbocycles. The number of halogens is 2. The van der Waals surface area contributed by atoms with Gasteiger partial charge in [0.25, 0.3) is 0 Å². The zero-order valence-corrected chi connectivity index (χ0v) is 7.84. The molecule has 0 heterocycles. The molecule has 0 aliphatic rings. The second-order valence-corrected chi connectivity index (χ2v) is 2.08. The van der Waals surface area contributed by atoms with Crippen LogP contribution in [0, 0.1) is 6.92 Å². The minimum absolute atomic E-state index is 0. The van der Waals surface area contributed by atoms with Crippen molar-refractivity contribution >= 4 is 36.2 Å². The normalized spacial score (nSPS) is 7.73. The Morgan fingerprint density at radius 1 is 1.09 bits per heavy atom. The van der Waals surface area contributed by atoms with Crippen LogP contribution >= 0.6 is 24.8 Å². The lowest BCUT2D eigenvalue weighted by Crippen LogP contribution is -1.95. The number of nitrogen functional groups attached to an aromatic ring is 2. The molecule has 0 aliphatic heterocycles. The Morgan fingerprint density at radius 3 is 2.00 bits per heavy atom. The van der Waals surface area contributed by atoms with Gasteiger partial charge < -0.3 is 11.5 Å². The van der Waals surface area contributed by atoms with E-state index in [1.54, 1.807) is 6.07 Å². The summed E-state index contributed by atoms with van der Waals surface area (Å²) in [5, 5.41) is 0. The lowest BCUT2D eigenvalue weighted by Gasteiger charge is -2.00. The number of hydrogen-bond donors (Lipinski definition) is 2. The molecule has 0 fully saturated rings. The average molecular weight is 195 g/mol. The van der Waals surface area contributed by atoms with Crippen molar-refractivity contribution in [2.24, 2.45) is 0 Å². The van der Waals surface area contributed by atoms with Gasteiger partial charge in [0.1, 0.15) is 0 Å². The molecule has 1 aromatic carbocycles. The third kappa shape index (κ3) is 2.87. The zero-order chi connectivity index (χ0) is 6.85. The van der Waals surface area contributed by atoms with Gasteiger partial charge in [-0.1, -0.05) is 12.1 Å². The van der Waals surface area contributed by atoms with E-state index in [-0.39, 0.29) is 24.8 Å². The molecule has 4 heteroatoms. The molecule has 1 aromatic rings. The second-order valence-electron chi connectivity index (χ2n) is 2.08. The van der Waals surface area contributed by atoms with Crippen molar-refractivity contribution in [3.63, 3.8) is 0 Å². The van der Waals surface area contributed by atoms with E-state index in [1.807, 2.05) is 19.1 Å². The Hall–Kier alpha value is -0.600. The van der Waals surface area contributed by atoms with Crippen molar-refractivity contribution < 1.29 is 0 Å². The minimum Gasteiger partial charge on any atom is -0.397 e. The molecule has 0 saturated heterocycles. The maximum absolute atomic E-state index is 5.56. The predicted octanol–water partition coefficient (Wildman–Crippen LogP) is 2.00. The van der Waals surface area contributed by atoms with Gasteiger partial charge in [-0.05, 0) is 18.6 Å². The highest BCUT2D eigenvalue weighted by atomic mass is 35.5. The standard InChI is InChI=1S/C7H10N2.2ClH/c1-5-3-2-4-6(8)7(5)9;;/h2-4H,8-9H2,1H3;2*1H. The van der Waals surface area contributed by atoms with Crippen molar-refractivity contribution in [3.05, 3.63) is 23.8 Å². The first-order valence-corrected chi connectivity index (χ1v) is 2.82. The molecular weight excluding hydrogens is 183 g/mol. The van der Waals surface area contributed by atoms with Crippen molar-refractivity contribution in [1.29, 1.82) is 0 Å². The van der Waals surface area contributed by atoms with Crippen LogP contribution in [-0.2, 0) is 0 Å². The second kappa shape index (κ2) is 5.10. The summed E-state index contributed by atoms with van der Waals surface area (Å²) in [6.07, 6.45) is 0. The maximum atomic E-state index is 5.56. The third-order valence-electron chi connectivity index (χ3n) is 1.36. The van der Waals surface area contributed by atoms with Crippen LogP contribution in [-0.4, -0.2) is 0 Å². The molecular formula is C7H12Cl2N2. The Bertz CT molecular complexity index is 205. The molecule has 0 aliphatic carbocycles. The largest absolute Gasteiger partial charge is 0.397 e. The fraction of sp³-hybridized carbons (Fsp3) is 0.143. The van der Waals surface area contributed by atoms with Gasteiger partial charge in [0.15, 0.2) is 0 Å². The van der Waals surface area contributed by atoms with Crippen LogP contribution in [0.5, 0.6) is 0 Å². The van der Waals surface area contributed by atoms with Crippen LogP contribution < -0.4 is 11.5 Å². The monoisotopic (exact) mass is 194 g/mol. The summed E-state index contributed by atoms with van der Waals surface area (Å²) in [5.41, 5.74) is 13.4. The van der Waals surface area contributed by atoms with Crippen LogP contribution in [0.3, 0.4) is 0 Å². The SMILES string of the molecule is Cc1cccc(N)c1N.Cl.Cl. The van der Waals surface area contributed by atoms with Gasteiger partial charge in [0.05, 0.1) is 11.4 Å². The minimum atomic E-state index is 0. The number of hydrogen-bond acceptors (Lipinski definition) is 2. The number of nitrogens with two attached hydrogens (primary N) is 2. The Kier molecular flexibility index (Phi) is 6.04. The van der Waals surface area contributed by atoms with E-state index in [1.165, 1.54) is 0 Å². The molecule has 1 rings (SSSR count). The summed E-state index contributed by atoms with van der Waals surface area (Å²) in [6.45, 7) is 1.94. The van der Waals surface area contributed by atoms with E-state index < -0.39 is 0 Å². The summed E-state index contributed by atoms with van der Waals surface area (Å²) in [4.78, 5) is 0. The van der Waals surface area contributed by atoms with Gasteiger partial charge in [0, 0.05) is 0 Å². The Labute approximate surface area is 78.8 Å². The first-order chi connectivity index (χ1) is 4.22. The third-order valence-corrected chi connectivity index (χ3v) is 1.36. The van der Waals surface area contributed by atoms with E-state index in [4.69, 9.17) is 11.5 Å². The maximum Gasteiger partial charge on any atom is 0.0577 e. The Balaban J connectivity index is 0. The number of benzene rings is 1. The number of aryl methyl sites for hydroxylation is 1. The molecule has 0 unspecified atom stereocenters. The van der Waals surface area contributed by atoms with Crippen LogP contribution in [0.4, 0.5) is 11.4 Å². The quantitative estimate of drug-likeness (QED) is 0.622. The summed E-state index contributed by atoms with van der Waals surface area (Å²) in [7, 11) is 0. The summed E-state index contributed by atoms with van der Waals surface area (Å²) < 4.78 is 0. The fourth-order valence-electron chi connectivity index (χ4n) is 0.703. The highest BCUT2D eigenvalue weighted by molar-refractivity contribution is 5.85. The summed E-state index contributed by atoms with van der Waals surface area (Å²) >= 11 is 0. The molecule has 0 bridgehead atoms. The van der Waals surface area contributed by atoms with E-state index >= 15 is 0 Å². The van der Waals surface area contributed by atoms with Crippen LogP contribution in [0.15, 0.2) is 18.2 Å². The smallest absolute Gasteiger partial charge is 0.0577 e. The van der Waals surface area contributed by atoms with Gasteiger partial charge in [-0.25, -0.2) is 0 Å². The molecule has 64 valence electrons. The predicted molar refractivity (Wildman–Crippen MR) is 54.5 cm³/mol. The van der Waals surface area contributed by atoms with Crippen molar-refractivity contribution in [3.8, 4) is 0 Å². The summed E-state index contributed by atoms with van der Waals surface area (Å²) in [5.74, 6) is 0. The first kappa shape index (κ1) is 13.0. The van der Waals surface area contributed by atoms with Gasteiger partial charge >= 0.3 is 0 Å². The van der Waals surface area contributed by atoms with Crippen LogP contribution in [0.2, 0.25) is 0 Å². The molecule has 0 spiro atoms. The number of anilines is 2. The number of rotatable bonds is 0. The Morgan fingerprint density at radius 2 is 1.64 bits per heavy atom. The molecule has 0 amide bonds. The lowest BCUT2D eigenvalue weighted by atomic mass is 10.2. The zero-order valence-electron chi connectivity index (χ0n) is 6.20. The lowest BCUT2D eigenvalue weighted by molar-refractivity contribution is 1.47. The van der Waals surface area contributed by atoms with Crippen molar-refractivity contribution in [2.45, 2.75) is 6.92 Å². The van der Waals surface area contributed by atoms with E-state index in [9.17, 15) is 0 Å². The molecule has 2 nitrogen and oxygen atoms in total. The fourth-order valence-corrected chi connectivity index (χ4v) is 0.703. The van der Waals surface area contributed by atoms with E-state index in [2.05, 4.69) is 0 Å². The number of para-hydroxylation sites is 1. The van der Waals surface area contributed by atoms with Crippen LogP contribution in [0.1, 0.15) is 5.56 Å². The molecule has 0 aromatic heterocycles. The molecule has 0 atom stereocenters. The van der Waals surface area contributed by atoms with Gasteiger partial charge in [-0.2, -0.15) is 0 Å². The molecule has 0 radical (unpaired) electrons. The van der Waals surface area contributed by atoms with E-state index in [0.29, 0.717) is 11.4 Å². The van der Waals surface area contributed by atoms with Gasteiger partial charge in [-0.3, -0.25) is 0 Å². The average Bonchev–Trinajstić information content (AvgIpc) is 1.83. The van der Waals surface area contributed by atoms with Crippen molar-refractivity contribution in [1.82, 2.24) is 0 Å². The highest BCUT2D eigenvalue weighted by Gasteiger charge is 1.93. The summed E-state index contributed by atoms with van der Waals surface area (Å²) in [6, 6.07) is 5.62. The van der Waals surface area contributed by atoms with Crippen LogP contribution in [0.25, 0.3) is 0 Å². The topological polar surface area (TPSA) is 52.0 Å². The van der Waals surface area contributed by atoms with Gasteiger partial charge in [-0.15, -0.1) is 24.8 Å². The molecule has 11 heavy (non-hydrogen) atoms.